The number of carbonyl (C=O) groups excluding carboxylic acids is 1. The second-order valence-electron chi connectivity index (χ2n) is 5.29. The molecule has 0 bridgehead atoms. The summed E-state index contributed by atoms with van der Waals surface area (Å²) in [5, 5.41) is 8.86. The fourth-order valence-electron chi connectivity index (χ4n) is 2.25. The summed E-state index contributed by atoms with van der Waals surface area (Å²) < 4.78 is 10.8. The number of hydrogen-bond donors (Lipinski definition) is 1. The second kappa shape index (κ2) is 9.84. The topological polar surface area (TPSA) is 72.8 Å². The van der Waals surface area contributed by atoms with E-state index in [4.69, 9.17) is 14.6 Å². The fraction of sp³-hybridized carbons (Fsp3) is 0.143. The molecule has 0 aliphatic heterocycles. The highest BCUT2D eigenvalue weighted by molar-refractivity contribution is 5.90. The number of carbonyl (C=O) groups is 2. The molecule has 0 aliphatic carbocycles. The molecule has 0 radical (unpaired) electrons. The van der Waals surface area contributed by atoms with Crippen molar-refractivity contribution >= 4 is 24.1 Å². The van der Waals surface area contributed by atoms with Gasteiger partial charge in [0, 0.05) is 17.7 Å². The molecule has 2 aromatic carbocycles. The molecule has 5 nitrogen and oxygen atoms in total. The van der Waals surface area contributed by atoms with Crippen LogP contribution in [0.1, 0.15) is 23.6 Å². The van der Waals surface area contributed by atoms with Gasteiger partial charge in [-0.15, -0.1) is 0 Å². The summed E-state index contributed by atoms with van der Waals surface area (Å²) in [5.41, 5.74) is 2.23. The molecule has 134 valence electrons. The van der Waals surface area contributed by atoms with Gasteiger partial charge in [0.15, 0.2) is 0 Å². The summed E-state index contributed by atoms with van der Waals surface area (Å²) in [6.07, 6.45) is 5.37. The van der Waals surface area contributed by atoms with Crippen LogP contribution in [0.4, 0.5) is 0 Å². The molecule has 26 heavy (non-hydrogen) atoms. The molecule has 0 aliphatic rings. The molecule has 2 rings (SSSR count). The van der Waals surface area contributed by atoms with Crippen LogP contribution in [-0.4, -0.2) is 23.7 Å². The lowest BCUT2D eigenvalue weighted by atomic mass is 10.0. The van der Waals surface area contributed by atoms with Crippen molar-refractivity contribution in [1.29, 1.82) is 0 Å². The van der Waals surface area contributed by atoms with Crippen molar-refractivity contribution in [3.05, 3.63) is 77.4 Å². The average Bonchev–Trinajstić information content (AvgIpc) is 2.64. The lowest BCUT2D eigenvalue weighted by Gasteiger charge is -2.12. The van der Waals surface area contributed by atoms with E-state index in [1.54, 1.807) is 31.2 Å². The number of ether oxygens (including phenoxy) is 2. The van der Waals surface area contributed by atoms with Crippen LogP contribution in [0.15, 0.2) is 60.7 Å². The van der Waals surface area contributed by atoms with E-state index in [2.05, 4.69) is 0 Å². The number of esters is 1. The largest absolute Gasteiger partial charge is 0.488 e. The normalized spacial score (nSPS) is 11.0. The van der Waals surface area contributed by atoms with Gasteiger partial charge in [-0.25, -0.2) is 9.59 Å². The van der Waals surface area contributed by atoms with Gasteiger partial charge in [-0.1, -0.05) is 42.5 Å². The van der Waals surface area contributed by atoms with E-state index in [0.29, 0.717) is 23.5 Å². The van der Waals surface area contributed by atoms with Gasteiger partial charge in [0.1, 0.15) is 12.4 Å². The number of carboxylic acids is 1. The standard InChI is InChI=1S/C21H20O5/c1-2-25-21(24)14-12-18-17(11-13-20(22)23)9-6-10-19(18)26-15-16-7-4-3-5-8-16/h3-14H,2,15H2,1H3,(H,22,23)/b13-11?,14-12+. The minimum atomic E-state index is -1.05. The average molecular weight is 352 g/mol. The second-order valence-corrected chi connectivity index (χ2v) is 5.29. The van der Waals surface area contributed by atoms with Crippen LogP contribution >= 0.6 is 0 Å². The maximum absolute atomic E-state index is 11.6. The summed E-state index contributed by atoms with van der Waals surface area (Å²) in [4.78, 5) is 22.4. The predicted octanol–water partition coefficient (Wildman–Crippen LogP) is 3.94. The molecule has 1 N–H and O–H groups in total. The molecular weight excluding hydrogens is 332 g/mol. The highest BCUT2D eigenvalue weighted by Gasteiger charge is 2.07. The fourth-order valence-corrected chi connectivity index (χ4v) is 2.25. The van der Waals surface area contributed by atoms with Crippen LogP contribution in [0.3, 0.4) is 0 Å². The van der Waals surface area contributed by atoms with E-state index < -0.39 is 11.9 Å². The lowest BCUT2D eigenvalue weighted by Crippen LogP contribution is -2.00. The van der Waals surface area contributed by atoms with E-state index >= 15 is 0 Å². The molecule has 0 fully saturated rings. The Bertz CT molecular complexity index is 806. The molecule has 5 heteroatoms. The van der Waals surface area contributed by atoms with E-state index in [0.717, 1.165) is 11.6 Å². The van der Waals surface area contributed by atoms with Gasteiger partial charge in [-0.2, -0.15) is 0 Å². The third-order valence-electron chi connectivity index (χ3n) is 3.42. The quantitative estimate of drug-likeness (QED) is 0.575. The molecular formula is C21H20O5. The van der Waals surface area contributed by atoms with Crippen LogP contribution in [0.25, 0.3) is 12.2 Å². The van der Waals surface area contributed by atoms with E-state index in [9.17, 15) is 9.59 Å². The first-order valence-electron chi connectivity index (χ1n) is 8.15. The third-order valence-corrected chi connectivity index (χ3v) is 3.42. The lowest BCUT2D eigenvalue weighted by molar-refractivity contribution is -0.137. The van der Waals surface area contributed by atoms with E-state index in [1.807, 2.05) is 30.3 Å². The molecule has 0 unspecified atom stereocenters. The Hall–Kier alpha value is -3.34. The number of aliphatic carboxylic acids is 1. The van der Waals surface area contributed by atoms with Gasteiger partial charge in [0.05, 0.1) is 6.61 Å². The van der Waals surface area contributed by atoms with Gasteiger partial charge in [0.25, 0.3) is 0 Å². The SMILES string of the molecule is CCOC(=O)/C=C/c1c(C=CC(=O)O)cccc1OCc1ccccc1. The highest BCUT2D eigenvalue weighted by atomic mass is 16.5. The number of carboxylic acid groups (broad SMARTS) is 1. The third kappa shape index (κ3) is 5.94. The van der Waals surface area contributed by atoms with Crippen molar-refractivity contribution in [2.24, 2.45) is 0 Å². The summed E-state index contributed by atoms with van der Waals surface area (Å²) in [6.45, 7) is 2.36. The molecule has 0 atom stereocenters. The van der Waals surface area contributed by atoms with Crippen molar-refractivity contribution in [3.8, 4) is 5.75 Å². The zero-order chi connectivity index (χ0) is 18.8. The molecule has 0 spiro atoms. The monoisotopic (exact) mass is 352 g/mol. The molecule has 0 saturated carbocycles. The summed E-state index contributed by atoms with van der Waals surface area (Å²) in [7, 11) is 0. The zero-order valence-corrected chi connectivity index (χ0v) is 14.4. The van der Waals surface area contributed by atoms with Crippen molar-refractivity contribution in [3.63, 3.8) is 0 Å². The Balaban J connectivity index is 2.31. The minimum absolute atomic E-state index is 0.279. The van der Waals surface area contributed by atoms with E-state index in [-0.39, 0.29) is 6.61 Å². The van der Waals surface area contributed by atoms with Gasteiger partial charge in [0.2, 0.25) is 0 Å². The summed E-state index contributed by atoms with van der Waals surface area (Å²) >= 11 is 0. The first-order chi connectivity index (χ1) is 12.6. The number of hydrogen-bond acceptors (Lipinski definition) is 4. The van der Waals surface area contributed by atoms with Crippen LogP contribution < -0.4 is 4.74 Å². The maximum Gasteiger partial charge on any atom is 0.330 e. The van der Waals surface area contributed by atoms with Crippen molar-refractivity contribution in [2.75, 3.05) is 6.61 Å². The van der Waals surface area contributed by atoms with Crippen LogP contribution in [0.5, 0.6) is 5.75 Å². The Morgan fingerprint density at radius 1 is 1.00 bits per heavy atom. The molecule has 0 heterocycles. The first kappa shape index (κ1) is 19.0. The molecule has 0 aromatic heterocycles. The smallest absolute Gasteiger partial charge is 0.330 e. The van der Waals surface area contributed by atoms with Crippen LogP contribution in [0, 0.1) is 0 Å². The Morgan fingerprint density at radius 3 is 2.46 bits per heavy atom. The minimum Gasteiger partial charge on any atom is -0.488 e. The van der Waals surface area contributed by atoms with Crippen LogP contribution in [-0.2, 0) is 20.9 Å². The van der Waals surface area contributed by atoms with Crippen molar-refractivity contribution in [2.45, 2.75) is 13.5 Å². The van der Waals surface area contributed by atoms with Gasteiger partial charge in [-0.3, -0.25) is 0 Å². The summed E-state index contributed by atoms with van der Waals surface area (Å²) in [6, 6.07) is 15.0. The van der Waals surface area contributed by atoms with Gasteiger partial charge in [-0.05, 0) is 36.3 Å². The molecule has 2 aromatic rings. The Labute approximate surface area is 152 Å². The van der Waals surface area contributed by atoms with Crippen molar-refractivity contribution in [1.82, 2.24) is 0 Å². The molecule has 0 amide bonds. The Morgan fingerprint density at radius 2 is 1.77 bits per heavy atom. The number of rotatable bonds is 8. The van der Waals surface area contributed by atoms with Gasteiger partial charge < -0.3 is 14.6 Å². The zero-order valence-electron chi connectivity index (χ0n) is 14.4. The predicted molar refractivity (Wildman–Crippen MR) is 99.6 cm³/mol. The highest BCUT2D eigenvalue weighted by Crippen LogP contribution is 2.26. The number of benzene rings is 2. The van der Waals surface area contributed by atoms with E-state index in [1.165, 1.54) is 12.2 Å². The summed E-state index contributed by atoms with van der Waals surface area (Å²) in [5.74, 6) is -0.985. The molecule has 0 saturated heterocycles. The Kier molecular flexibility index (Phi) is 7.18. The first-order valence-corrected chi connectivity index (χ1v) is 8.15. The van der Waals surface area contributed by atoms with Gasteiger partial charge >= 0.3 is 11.9 Å². The van der Waals surface area contributed by atoms with Crippen LogP contribution in [0.2, 0.25) is 0 Å². The maximum atomic E-state index is 11.6. The van der Waals surface area contributed by atoms with Crippen molar-refractivity contribution < 1.29 is 24.2 Å².